The molecule has 0 radical (unpaired) electrons. The predicted octanol–water partition coefficient (Wildman–Crippen LogP) is 2.00. The Kier molecular flexibility index (Phi) is 3.61. The van der Waals surface area contributed by atoms with Crippen molar-refractivity contribution in [2.75, 3.05) is 13.1 Å². The SMILES string of the molecule is C#CCNCC(F)(F)c1ccccc1. The van der Waals surface area contributed by atoms with Gasteiger partial charge in [0.1, 0.15) is 0 Å². The van der Waals surface area contributed by atoms with E-state index in [9.17, 15) is 8.78 Å². The monoisotopic (exact) mass is 195 g/mol. The van der Waals surface area contributed by atoms with Gasteiger partial charge in [-0.15, -0.1) is 6.42 Å². The summed E-state index contributed by atoms with van der Waals surface area (Å²) in [4.78, 5) is 0. The maximum absolute atomic E-state index is 13.3. The van der Waals surface area contributed by atoms with Gasteiger partial charge in [0.15, 0.2) is 0 Å². The molecule has 1 aromatic rings. The van der Waals surface area contributed by atoms with Crippen LogP contribution in [-0.2, 0) is 5.92 Å². The van der Waals surface area contributed by atoms with Gasteiger partial charge < -0.3 is 5.32 Å². The quantitative estimate of drug-likeness (QED) is 0.572. The van der Waals surface area contributed by atoms with E-state index in [0.717, 1.165) is 0 Å². The van der Waals surface area contributed by atoms with E-state index >= 15 is 0 Å². The van der Waals surface area contributed by atoms with E-state index in [-0.39, 0.29) is 12.1 Å². The molecule has 0 bridgehead atoms. The van der Waals surface area contributed by atoms with Gasteiger partial charge in [0.2, 0.25) is 0 Å². The molecule has 14 heavy (non-hydrogen) atoms. The zero-order valence-electron chi connectivity index (χ0n) is 7.63. The lowest BCUT2D eigenvalue weighted by Gasteiger charge is -2.16. The largest absolute Gasteiger partial charge is 0.300 e. The second-order valence-corrected chi connectivity index (χ2v) is 2.88. The second-order valence-electron chi connectivity index (χ2n) is 2.88. The molecule has 0 unspecified atom stereocenters. The van der Waals surface area contributed by atoms with Crippen molar-refractivity contribution in [1.82, 2.24) is 5.32 Å². The van der Waals surface area contributed by atoms with Crippen LogP contribution < -0.4 is 5.32 Å². The fourth-order valence-electron chi connectivity index (χ4n) is 1.08. The lowest BCUT2D eigenvalue weighted by molar-refractivity contribution is -0.00207. The molecular weight excluding hydrogens is 184 g/mol. The molecule has 1 N–H and O–H groups in total. The second kappa shape index (κ2) is 4.73. The van der Waals surface area contributed by atoms with E-state index in [4.69, 9.17) is 6.42 Å². The summed E-state index contributed by atoms with van der Waals surface area (Å²) >= 11 is 0. The van der Waals surface area contributed by atoms with Gasteiger partial charge >= 0.3 is 0 Å². The van der Waals surface area contributed by atoms with Gasteiger partial charge in [-0.1, -0.05) is 36.3 Å². The minimum atomic E-state index is -2.86. The smallest absolute Gasteiger partial charge is 0.285 e. The minimum absolute atomic E-state index is 0.00419. The summed E-state index contributed by atoms with van der Waals surface area (Å²) in [5, 5.41) is 2.49. The first-order valence-corrected chi connectivity index (χ1v) is 4.24. The van der Waals surface area contributed by atoms with Crippen LogP contribution in [0.25, 0.3) is 0 Å². The van der Waals surface area contributed by atoms with Gasteiger partial charge in [-0.25, -0.2) is 0 Å². The Morgan fingerprint density at radius 3 is 2.50 bits per heavy atom. The van der Waals surface area contributed by atoms with E-state index in [1.165, 1.54) is 12.1 Å². The fraction of sp³-hybridized carbons (Fsp3) is 0.273. The van der Waals surface area contributed by atoms with Crippen molar-refractivity contribution >= 4 is 0 Å². The number of halogens is 2. The van der Waals surface area contributed by atoms with Crippen molar-refractivity contribution < 1.29 is 8.78 Å². The first-order chi connectivity index (χ1) is 6.67. The Morgan fingerprint density at radius 1 is 1.29 bits per heavy atom. The van der Waals surface area contributed by atoms with Crippen LogP contribution in [0.15, 0.2) is 30.3 Å². The molecule has 0 spiro atoms. The van der Waals surface area contributed by atoms with E-state index in [2.05, 4.69) is 11.2 Å². The minimum Gasteiger partial charge on any atom is -0.300 e. The summed E-state index contributed by atoms with van der Waals surface area (Å²) in [6, 6.07) is 7.68. The maximum Gasteiger partial charge on any atom is 0.285 e. The Labute approximate surface area is 82.1 Å². The summed E-state index contributed by atoms with van der Waals surface area (Å²) in [5.74, 6) is -0.616. The summed E-state index contributed by atoms with van der Waals surface area (Å²) < 4.78 is 26.7. The van der Waals surface area contributed by atoms with Crippen molar-refractivity contribution in [3.05, 3.63) is 35.9 Å². The predicted molar refractivity (Wildman–Crippen MR) is 52.0 cm³/mol. The van der Waals surface area contributed by atoms with Gasteiger partial charge in [0, 0.05) is 5.56 Å². The molecule has 3 heteroatoms. The average molecular weight is 195 g/mol. The average Bonchev–Trinajstić information content (AvgIpc) is 2.19. The van der Waals surface area contributed by atoms with Crippen LogP contribution in [-0.4, -0.2) is 13.1 Å². The third-order valence-corrected chi connectivity index (χ3v) is 1.77. The number of hydrogen-bond acceptors (Lipinski definition) is 1. The van der Waals surface area contributed by atoms with Crippen LogP contribution >= 0.6 is 0 Å². The van der Waals surface area contributed by atoms with Crippen molar-refractivity contribution in [3.8, 4) is 12.3 Å². The summed E-state index contributed by atoms with van der Waals surface area (Å²) in [6.07, 6.45) is 4.94. The Balaban J connectivity index is 2.62. The molecular formula is C11H11F2N. The normalized spacial score (nSPS) is 10.9. The van der Waals surface area contributed by atoms with Crippen LogP contribution in [0.5, 0.6) is 0 Å². The standard InChI is InChI=1S/C11H11F2N/c1-2-8-14-9-11(12,13)10-6-4-3-5-7-10/h1,3-7,14H,8-9H2. The van der Waals surface area contributed by atoms with E-state index < -0.39 is 12.5 Å². The van der Waals surface area contributed by atoms with Gasteiger partial charge in [-0.05, 0) is 0 Å². The first-order valence-electron chi connectivity index (χ1n) is 4.24. The number of hydrogen-bond donors (Lipinski definition) is 1. The van der Waals surface area contributed by atoms with Crippen molar-refractivity contribution in [3.63, 3.8) is 0 Å². The summed E-state index contributed by atoms with van der Waals surface area (Å²) in [5.41, 5.74) is 0.00419. The lowest BCUT2D eigenvalue weighted by atomic mass is 10.1. The summed E-state index contributed by atoms with van der Waals surface area (Å²) in [6.45, 7) is -0.274. The van der Waals surface area contributed by atoms with Gasteiger partial charge in [-0.3, -0.25) is 0 Å². The molecule has 1 nitrogen and oxygen atoms in total. The van der Waals surface area contributed by atoms with Crippen LogP contribution in [0.3, 0.4) is 0 Å². The zero-order chi connectivity index (χ0) is 10.4. The third kappa shape index (κ3) is 2.82. The molecule has 0 fully saturated rings. The van der Waals surface area contributed by atoms with E-state index in [1.807, 2.05) is 0 Å². The Hall–Kier alpha value is -1.40. The number of alkyl halides is 2. The first kappa shape index (κ1) is 10.7. The number of terminal acetylenes is 1. The van der Waals surface area contributed by atoms with Gasteiger partial charge in [0.25, 0.3) is 5.92 Å². The van der Waals surface area contributed by atoms with Crippen molar-refractivity contribution in [2.24, 2.45) is 0 Å². The molecule has 1 aromatic carbocycles. The molecule has 0 aliphatic rings. The molecule has 0 saturated heterocycles. The molecule has 0 aliphatic carbocycles. The molecule has 0 atom stereocenters. The molecule has 0 heterocycles. The lowest BCUT2D eigenvalue weighted by Crippen LogP contribution is -2.30. The highest BCUT2D eigenvalue weighted by Crippen LogP contribution is 2.26. The molecule has 0 amide bonds. The zero-order valence-corrected chi connectivity index (χ0v) is 7.63. The van der Waals surface area contributed by atoms with Gasteiger partial charge in [-0.2, -0.15) is 8.78 Å². The van der Waals surface area contributed by atoms with Crippen LogP contribution in [0.2, 0.25) is 0 Å². The van der Waals surface area contributed by atoms with E-state index in [1.54, 1.807) is 18.2 Å². The Morgan fingerprint density at radius 2 is 1.93 bits per heavy atom. The Bertz CT molecular complexity index is 314. The van der Waals surface area contributed by atoms with Crippen LogP contribution in [0, 0.1) is 12.3 Å². The highest BCUT2D eigenvalue weighted by molar-refractivity contribution is 5.20. The number of benzene rings is 1. The molecule has 74 valence electrons. The fourth-order valence-corrected chi connectivity index (χ4v) is 1.08. The highest BCUT2D eigenvalue weighted by atomic mass is 19.3. The molecule has 0 aliphatic heterocycles. The maximum atomic E-state index is 13.3. The molecule has 0 aromatic heterocycles. The molecule has 1 rings (SSSR count). The highest BCUT2D eigenvalue weighted by Gasteiger charge is 2.30. The number of nitrogens with one attached hydrogen (secondary N) is 1. The molecule has 0 saturated carbocycles. The van der Waals surface area contributed by atoms with Crippen LogP contribution in [0.4, 0.5) is 8.78 Å². The third-order valence-electron chi connectivity index (χ3n) is 1.77. The van der Waals surface area contributed by atoms with Gasteiger partial charge in [0.05, 0.1) is 13.1 Å². The topological polar surface area (TPSA) is 12.0 Å². The number of rotatable bonds is 4. The van der Waals surface area contributed by atoms with Crippen molar-refractivity contribution in [1.29, 1.82) is 0 Å². The van der Waals surface area contributed by atoms with Crippen molar-refractivity contribution in [2.45, 2.75) is 5.92 Å². The van der Waals surface area contributed by atoms with E-state index in [0.29, 0.717) is 0 Å². The summed E-state index contributed by atoms with van der Waals surface area (Å²) in [7, 11) is 0. The van der Waals surface area contributed by atoms with Crippen LogP contribution in [0.1, 0.15) is 5.56 Å².